The van der Waals surface area contributed by atoms with E-state index in [1.54, 1.807) is 31.8 Å². The number of rotatable bonds is 5. The third kappa shape index (κ3) is 4.06. The van der Waals surface area contributed by atoms with E-state index in [1.807, 2.05) is 24.3 Å². The first-order valence-corrected chi connectivity index (χ1v) is 9.96. The maximum absolute atomic E-state index is 12.6. The summed E-state index contributed by atoms with van der Waals surface area (Å²) < 4.78 is 8.74. The Morgan fingerprint density at radius 1 is 1.32 bits per heavy atom. The van der Waals surface area contributed by atoms with E-state index in [0.717, 1.165) is 11.3 Å². The van der Waals surface area contributed by atoms with Gasteiger partial charge in [-0.3, -0.25) is 14.2 Å². The molecular formula is C21H24N6O4. The molecular weight excluding hydrogens is 400 g/mol. The van der Waals surface area contributed by atoms with Crippen LogP contribution in [0.3, 0.4) is 0 Å². The van der Waals surface area contributed by atoms with Crippen LogP contribution in [0.1, 0.15) is 36.8 Å². The zero-order valence-corrected chi connectivity index (χ0v) is 17.6. The Bertz CT molecular complexity index is 1200. The topological polar surface area (TPSA) is 124 Å². The van der Waals surface area contributed by atoms with Crippen LogP contribution < -0.4 is 10.9 Å². The molecule has 0 fully saturated rings. The summed E-state index contributed by atoms with van der Waals surface area (Å²) in [6, 6.07) is 7.52. The van der Waals surface area contributed by atoms with Gasteiger partial charge in [0.05, 0.1) is 31.0 Å². The van der Waals surface area contributed by atoms with E-state index in [0.29, 0.717) is 24.8 Å². The molecule has 0 atom stereocenters. The van der Waals surface area contributed by atoms with E-state index < -0.39 is 16.9 Å². The monoisotopic (exact) mass is 424 g/mol. The number of para-hydroxylation sites is 1. The molecule has 0 spiro atoms. The number of carbonyl (C=O) groups excluding carboxylic acids is 1. The van der Waals surface area contributed by atoms with Crippen molar-refractivity contribution >= 4 is 5.91 Å². The number of hydrogen-bond acceptors (Lipinski definition) is 7. The molecule has 1 aliphatic rings. The summed E-state index contributed by atoms with van der Waals surface area (Å²) in [6.07, 6.45) is 1.39. The second-order valence-corrected chi connectivity index (χ2v) is 7.86. The number of hydrogen-bond donors (Lipinski definition) is 2. The summed E-state index contributed by atoms with van der Waals surface area (Å²) >= 11 is 0. The summed E-state index contributed by atoms with van der Waals surface area (Å²) in [4.78, 5) is 33.7. The highest BCUT2D eigenvalue weighted by atomic mass is 16.5. The fraction of sp³-hybridized carbons (Fsp3) is 0.381. The van der Waals surface area contributed by atoms with E-state index in [9.17, 15) is 14.7 Å². The standard InChI is InChI=1S/C21H24N6O4/c1-13-23-12-27(25-13)16-7-5-4-6-14(16)11-22-17(28)10-15-18(29)19(30)26-8-9-31-21(2,3)20(26)24-15/h4-7,12,29H,8-11H2,1-3H3,(H,22,28). The van der Waals surface area contributed by atoms with Gasteiger partial charge in [0.1, 0.15) is 23.6 Å². The summed E-state index contributed by atoms with van der Waals surface area (Å²) in [5.74, 6) is 0.170. The maximum atomic E-state index is 12.6. The first kappa shape index (κ1) is 20.7. The minimum atomic E-state index is -0.787. The van der Waals surface area contributed by atoms with Crippen LogP contribution in [-0.4, -0.2) is 41.9 Å². The van der Waals surface area contributed by atoms with E-state index in [2.05, 4.69) is 20.4 Å². The van der Waals surface area contributed by atoms with Crippen LogP contribution in [0.25, 0.3) is 5.69 Å². The molecule has 2 aromatic heterocycles. The fourth-order valence-electron chi connectivity index (χ4n) is 3.59. The SMILES string of the molecule is Cc1ncn(-c2ccccc2CNC(=O)Cc2nc3n(c(=O)c2O)CCOC3(C)C)n1. The van der Waals surface area contributed by atoms with E-state index in [1.165, 1.54) is 4.57 Å². The number of aryl methyl sites for hydroxylation is 1. The molecule has 0 radical (unpaired) electrons. The quantitative estimate of drug-likeness (QED) is 0.625. The first-order chi connectivity index (χ1) is 14.8. The highest BCUT2D eigenvalue weighted by Crippen LogP contribution is 2.27. The van der Waals surface area contributed by atoms with Gasteiger partial charge in [-0.1, -0.05) is 18.2 Å². The van der Waals surface area contributed by atoms with Crippen molar-refractivity contribution < 1.29 is 14.6 Å². The van der Waals surface area contributed by atoms with Crippen molar-refractivity contribution in [1.82, 2.24) is 29.6 Å². The fourth-order valence-corrected chi connectivity index (χ4v) is 3.59. The van der Waals surface area contributed by atoms with Crippen molar-refractivity contribution in [3.05, 3.63) is 63.9 Å². The second kappa shape index (κ2) is 7.95. The normalized spacial score (nSPS) is 14.8. The smallest absolute Gasteiger partial charge is 0.296 e. The Labute approximate surface area is 178 Å². The number of carbonyl (C=O) groups is 1. The maximum Gasteiger partial charge on any atom is 0.296 e. The molecule has 10 nitrogen and oxygen atoms in total. The van der Waals surface area contributed by atoms with Crippen molar-refractivity contribution in [3.8, 4) is 11.4 Å². The molecule has 0 unspecified atom stereocenters. The van der Waals surface area contributed by atoms with Crippen LogP contribution >= 0.6 is 0 Å². The summed E-state index contributed by atoms with van der Waals surface area (Å²) in [5.41, 5.74) is 0.336. The Kier molecular flexibility index (Phi) is 5.32. The Hall–Kier alpha value is -3.53. The Morgan fingerprint density at radius 2 is 2.10 bits per heavy atom. The summed E-state index contributed by atoms with van der Waals surface area (Å²) in [5, 5.41) is 17.5. The van der Waals surface area contributed by atoms with Gasteiger partial charge >= 0.3 is 0 Å². The predicted molar refractivity (Wildman–Crippen MR) is 111 cm³/mol. The molecule has 10 heteroatoms. The average Bonchev–Trinajstić information content (AvgIpc) is 3.17. The van der Waals surface area contributed by atoms with Gasteiger partial charge in [0.2, 0.25) is 11.7 Å². The zero-order chi connectivity index (χ0) is 22.2. The number of aromatic hydroxyl groups is 1. The molecule has 31 heavy (non-hydrogen) atoms. The van der Waals surface area contributed by atoms with E-state index in [-0.39, 0.29) is 24.6 Å². The van der Waals surface area contributed by atoms with Crippen LogP contribution in [0.5, 0.6) is 5.75 Å². The third-order valence-corrected chi connectivity index (χ3v) is 5.18. The lowest BCUT2D eigenvalue weighted by Crippen LogP contribution is -2.41. The second-order valence-electron chi connectivity index (χ2n) is 7.86. The predicted octanol–water partition coefficient (Wildman–Crippen LogP) is 0.962. The molecule has 0 aliphatic carbocycles. The minimum Gasteiger partial charge on any atom is -0.502 e. The van der Waals surface area contributed by atoms with Crippen molar-refractivity contribution in [3.63, 3.8) is 0 Å². The average molecular weight is 424 g/mol. The van der Waals surface area contributed by atoms with Crippen LogP contribution in [0.15, 0.2) is 35.4 Å². The molecule has 1 aliphatic heterocycles. The molecule has 4 rings (SSSR count). The van der Waals surface area contributed by atoms with Crippen molar-refractivity contribution in [2.24, 2.45) is 0 Å². The highest BCUT2D eigenvalue weighted by Gasteiger charge is 2.33. The van der Waals surface area contributed by atoms with E-state index in [4.69, 9.17) is 4.74 Å². The van der Waals surface area contributed by atoms with Crippen molar-refractivity contribution in [1.29, 1.82) is 0 Å². The number of benzene rings is 1. The van der Waals surface area contributed by atoms with Crippen molar-refractivity contribution in [2.75, 3.05) is 6.61 Å². The van der Waals surface area contributed by atoms with Gasteiger partial charge in [-0.05, 0) is 32.4 Å². The van der Waals surface area contributed by atoms with Gasteiger partial charge in [0.25, 0.3) is 5.56 Å². The lowest BCUT2D eigenvalue weighted by molar-refractivity contribution is -0.120. The lowest BCUT2D eigenvalue weighted by Gasteiger charge is -2.32. The van der Waals surface area contributed by atoms with Gasteiger partial charge in [0, 0.05) is 6.54 Å². The largest absolute Gasteiger partial charge is 0.502 e. The molecule has 3 aromatic rings. The van der Waals surface area contributed by atoms with Gasteiger partial charge in [-0.25, -0.2) is 14.6 Å². The Morgan fingerprint density at radius 3 is 2.84 bits per heavy atom. The third-order valence-electron chi connectivity index (χ3n) is 5.18. The van der Waals surface area contributed by atoms with Gasteiger partial charge in [-0.2, -0.15) is 5.10 Å². The van der Waals surface area contributed by atoms with Crippen LogP contribution in [0, 0.1) is 6.92 Å². The van der Waals surface area contributed by atoms with Crippen LogP contribution in [-0.2, 0) is 34.6 Å². The molecule has 0 saturated heterocycles. The van der Waals surface area contributed by atoms with Gasteiger partial charge < -0.3 is 15.2 Å². The number of aromatic nitrogens is 5. The number of nitrogens with zero attached hydrogens (tertiary/aromatic N) is 5. The number of ether oxygens (including phenoxy) is 1. The summed E-state index contributed by atoms with van der Waals surface area (Å²) in [6.45, 7) is 6.30. The molecule has 0 saturated carbocycles. The van der Waals surface area contributed by atoms with Crippen molar-refractivity contribution in [2.45, 2.75) is 45.9 Å². The molecule has 1 aromatic carbocycles. The molecule has 2 N–H and O–H groups in total. The Balaban J connectivity index is 1.52. The summed E-state index contributed by atoms with van der Waals surface area (Å²) in [7, 11) is 0. The molecule has 3 heterocycles. The van der Waals surface area contributed by atoms with Gasteiger partial charge in [-0.15, -0.1) is 0 Å². The zero-order valence-electron chi connectivity index (χ0n) is 17.6. The lowest BCUT2D eigenvalue weighted by atomic mass is 10.1. The van der Waals surface area contributed by atoms with Crippen LogP contribution in [0.4, 0.5) is 0 Å². The van der Waals surface area contributed by atoms with E-state index >= 15 is 0 Å². The number of nitrogens with one attached hydrogen (secondary N) is 1. The van der Waals surface area contributed by atoms with Crippen LogP contribution in [0.2, 0.25) is 0 Å². The molecule has 1 amide bonds. The number of amides is 1. The first-order valence-electron chi connectivity index (χ1n) is 9.96. The number of fused-ring (bicyclic) bond motifs is 1. The highest BCUT2D eigenvalue weighted by molar-refractivity contribution is 5.78. The molecule has 0 bridgehead atoms. The van der Waals surface area contributed by atoms with Gasteiger partial charge in [0.15, 0.2) is 0 Å². The molecule has 162 valence electrons. The minimum absolute atomic E-state index is 0.0347.